The van der Waals surface area contributed by atoms with Gasteiger partial charge in [-0.15, -0.1) is 22.7 Å². The SMILES string of the molecule is N#C/C(=C/c1ccc(OCCCc2ccccc2)cc1)c1nc(-c2cccs2)cs1. The van der Waals surface area contributed by atoms with Crippen molar-refractivity contribution in [2.75, 3.05) is 6.61 Å². The Hall–Kier alpha value is -3.20. The van der Waals surface area contributed by atoms with Gasteiger partial charge < -0.3 is 4.74 Å². The minimum atomic E-state index is 0.569. The molecular formula is C25H20N2OS2. The molecule has 4 rings (SSSR count). The second-order valence-corrected chi connectivity index (χ2v) is 8.50. The molecule has 0 N–H and O–H groups in total. The highest BCUT2D eigenvalue weighted by atomic mass is 32.1. The first kappa shape index (κ1) is 20.1. The Morgan fingerprint density at radius 1 is 1.00 bits per heavy atom. The Labute approximate surface area is 184 Å². The quantitative estimate of drug-likeness (QED) is 0.225. The Morgan fingerprint density at radius 2 is 1.83 bits per heavy atom. The average molecular weight is 429 g/mol. The summed E-state index contributed by atoms with van der Waals surface area (Å²) in [4.78, 5) is 5.74. The molecule has 5 heteroatoms. The minimum Gasteiger partial charge on any atom is -0.494 e. The first-order valence-electron chi connectivity index (χ1n) is 9.70. The number of aromatic nitrogens is 1. The Morgan fingerprint density at radius 3 is 2.57 bits per heavy atom. The first-order chi connectivity index (χ1) is 14.8. The summed E-state index contributed by atoms with van der Waals surface area (Å²) < 4.78 is 5.85. The number of allylic oxidation sites excluding steroid dienone is 1. The number of thiazole rings is 1. The molecular weight excluding hydrogens is 408 g/mol. The van der Waals surface area contributed by atoms with Gasteiger partial charge in [0.15, 0.2) is 0 Å². The normalized spacial score (nSPS) is 11.2. The van der Waals surface area contributed by atoms with E-state index >= 15 is 0 Å². The van der Waals surface area contributed by atoms with Gasteiger partial charge in [0.1, 0.15) is 16.8 Å². The maximum atomic E-state index is 9.60. The lowest BCUT2D eigenvalue weighted by atomic mass is 10.1. The largest absolute Gasteiger partial charge is 0.494 e. The predicted molar refractivity (Wildman–Crippen MR) is 126 cm³/mol. The lowest BCUT2D eigenvalue weighted by Crippen LogP contribution is -1.99. The van der Waals surface area contributed by atoms with Gasteiger partial charge in [0.25, 0.3) is 0 Å². The smallest absolute Gasteiger partial charge is 0.134 e. The number of nitriles is 1. The summed E-state index contributed by atoms with van der Waals surface area (Å²) in [6, 6.07) is 24.6. The topological polar surface area (TPSA) is 45.9 Å². The first-order valence-corrected chi connectivity index (χ1v) is 11.5. The molecule has 0 radical (unpaired) electrons. The van der Waals surface area contributed by atoms with Crippen LogP contribution >= 0.6 is 22.7 Å². The van der Waals surface area contributed by atoms with E-state index in [2.05, 4.69) is 35.3 Å². The van der Waals surface area contributed by atoms with E-state index in [1.165, 1.54) is 16.9 Å². The zero-order valence-electron chi connectivity index (χ0n) is 16.3. The maximum absolute atomic E-state index is 9.60. The molecule has 148 valence electrons. The molecule has 30 heavy (non-hydrogen) atoms. The zero-order chi connectivity index (χ0) is 20.6. The van der Waals surface area contributed by atoms with E-state index in [0.29, 0.717) is 12.2 Å². The molecule has 3 nitrogen and oxygen atoms in total. The van der Waals surface area contributed by atoms with Crippen molar-refractivity contribution in [3.8, 4) is 22.4 Å². The fraction of sp³-hybridized carbons (Fsp3) is 0.120. The van der Waals surface area contributed by atoms with Gasteiger partial charge in [-0.25, -0.2) is 4.98 Å². The van der Waals surface area contributed by atoms with E-state index in [0.717, 1.165) is 39.7 Å². The average Bonchev–Trinajstić information content (AvgIpc) is 3.49. The summed E-state index contributed by atoms with van der Waals surface area (Å²) in [6.07, 6.45) is 3.85. The van der Waals surface area contributed by atoms with Crippen LogP contribution in [0.15, 0.2) is 77.5 Å². The summed E-state index contributed by atoms with van der Waals surface area (Å²) in [7, 11) is 0. The fourth-order valence-corrected chi connectivity index (χ4v) is 4.56. The highest BCUT2D eigenvalue weighted by Gasteiger charge is 2.09. The number of rotatable bonds is 8. The summed E-state index contributed by atoms with van der Waals surface area (Å²) in [5.74, 6) is 0.841. The van der Waals surface area contributed by atoms with Crippen LogP contribution < -0.4 is 4.74 Å². The van der Waals surface area contributed by atoms with Crippen LogP contribution in [-0.2, 0) is 6.42 Å². The number of aryl methyl sites for hydroxylation is 1. The summed E-state index contributed by atoms with van der Waals surface area (Å²) in [5.41, 5.74) is 3.77. The standard InChI is InChI=1S/C25H20N2OS2/c26-17-21(25-27-23(18-30-25)24-9-5-15-29-24)16-20-10-12-22(13-11-20)28-14-4-8-19-6-2-1-3-7-19/h1-3,5-7,9-13,15-16,18H,4,8,14H2/b21-16-. The Bertz CT molecular complexity index is 1140. The van der Waals surface area contributed by atoms with Crippen LogP contribution in [0.3, 0.4) is 0 Å². The monoisotopic (exact) mass is 428 g/mol. The van der Waals surface area contributed by atoms with Crippen LogP contribution in [0.5, 0.6) is 5.75 Å². The summed E-state index contributed by atoms with van der Waals surface area (Å²) in [6.45, 7) is 0.679. The van der Waals surface area contributed by atoms with E-state index in [1.54, 1.807) is 11.3 Å². The third-order valence-corrected chi connectivity index (χ3v) is 6.31. The van der Waals surface area contributed by atoms with Crippen LogP contribution in [0, 0.1) is 11.3 Å². The van der Waals surface area contributed by atoms with Crippen LogP contribution in [0.2, 0.25) is 0 Å². The summed E-state index contributed by atoms with van der Waals surface area (Å²) in [5, 5.41) is 14.4. The molecule has 0 aliphatic carbocycles. The molecule has 0 unspecified atom stereocenters. The van der Waals surface area contributed by atoms with Crippen molar-refractivity contribution < 1.29 is 4.74 Å². The fourth-order valence-electron chi connectivity index (χ4n) is 3.01. The van der Waals surface area contributed by atoms with Crippen LogP contribution in [0.25, 0.3) is 22.2 Å². The molecule has 2 aromatic carbocycles. The molecule has 2 heterocycles. The second kappa shape index (κ2) is 10.0. The highest BCUT2D eigenvalue weighted by molar-refractivity contribution is 7.14. The van der Waals surface area contributed by atoms with Crippen molar-refractivity contribution in [2.24, 2.45) is 0 Å². The number of nitrogens with zero attached hydrogens (tertiary/aromatic N) is 2. The van der Waals surface area contributed by atoms with Gasteiger partial charge in [-0.2, -0.15) is 5.26 Å². The number of hydrogen-bond acceptors (Lipinski definition) is 5. The minimum absolute atomic E-state index is 0.569. The lowest BCUT2D eigenvalue weighted by molar-refractivity contribution is 0.311. The van der Waals surface area contributed by atoms with Gasteiger partial charge in [-0.1, -0.05) is 48.5 Å². The third-order valence-electron chi connectivity index (χ3n) is 4.54. The molecule has 0 saturated carbocycles. The molecule has 2 aromatic heterocycles. The van der Waals surface area contributed by atoms with Crippen LogP contribution in [0.4, 0.5) is 0 Å². The van der Waals surface area contributed by atoms with Crippen molar-refractivity contribution >= 4 is 34.3 Å². The molecule has 0 bridgehead atoms. The van der Waals surface area contributed by atoms with Gasteiger partial charge in [0, 0.05) is 5.38 Å². The van der Waals surface area contributed by atoms with Crippen molar-refractivity contribution in [2.45, 2.75) is 12.8 Å². The zero-order valence-corrected chi connectivity index (χ0v) is 18.0. The molecule has 0 amide bonds. The predicted octanol–water partition coefficient (Wildman–Crippen LogP) is 6.95. The van der Waals surface area contributed by atoms with E-state index in [9.17, 15) is 5.26 Å². The molecule has 0 aliphatic rings. The number of ether oxygens (including phenoxy) is 1. The van der Waals surface area contributed by atoms with E-state index in [4.69, 9.17) is 4.74 Å². The van der Waals surface area contributed by atoms with E-state index in [1.807, 2.05) is 59.3 Å². The van der Waals surface area contributed by atoms with Gasteiger partial charge >= 0.3 is 0 Å². The molecule has 0 spiro atoms. The maximum Gasteiger partial charge on any atom is 0.134 e. The molecule has 0 saturated heterocycles. The number of hydrogen-bond donors (Lipinski definition) is 0. The van der Waals surface area contributed by atoms with Crippen LogP contribution in [-0.4, -0.2) is 11.6 Å². The van der Waals surface area contributed by atoms with Gasteiger partial charge in [0.05, 0.1) is 22.8 Å². The molecule has 0 fully saturated rings. The van der Waals surface area contributed by atoms with Crippen molar-refractivity contribution in [3.05, 3.63) is 93.6 Å². The van der Waals surface area contributed by atoms with Crippen LogP contribution in [0.1, 0.15) is 22.6 Å². The highest BCUT2D eigenvalue weighted by Crippen LogP contribution is 2.29. The molecule has 4 aromatic rings. The second-order valence-electron chi connectivity index (χ2n) is 6.69. The summed E-state index contributed by atoms with van der Waals surface area (Å²) >= 11 is 3.14. The number of thiophene rings is 1. The molecule has 0 atom stereocenters. The van der Waals surface area contributed by atoms with E-state index < -0.39 is 0 Å². The third kappa shape index (κ3) is 5.24. The van der Waals surface area contributed by atoms with Gasteiger partial charge in [-0.3, -0.25) is 0 Å². The molecule has 0 aliphatic heterocycles. The lowest BCUT2D eigenvalue weighted by Gasteiger charge is -2.06. The number of benzene rings is 2. The van der Waals surface area contributed by atoms with Gasteiger partial charge in [-0.05, 0) is 53.6 Å². The van der Waals surface area contributed by atoms with Gasteiger partial charge in [0.2, 0.25) is 0 Å². The van der Waals surface area contributed by atoms with Crippen molar-refractivity contribution in [3.63, 3.8) is 0 Å². The Balaban J connectivity index is 1.35. The van der Waals surface area contributed by atoms with E-state index in [-0.39, 0.29) is 0 Å². The van der Waals surface area contributed by atoms with Crippen molar-refractivity contribution in [1.29, 1.82) is 5.26 Å². The van der Waals surface area contributed by atoms with Crippen molar-refractivity contribution in [1.82, 2.24) is 4.98 Å². The Kier molecular flexibility index (Phi) is 6.71.